The van der Waals surface area contributed by atoms with Crippen molar-refractivity contribution in [3.05, 3.63) is 46.7 Å². The van der Waals surface area contributed by atoms with E-state index in [0.717, 1.165) is 27.2 Å². The lowest BCUT2D eigenvalue weighted by Crippen LogP contribution is -1.93. The van der Waals surface area contributed by atoms with Gasteiger partial charge in [0, 0.05) is 29.7 Å². The monoisotopic (exact) mass is 278 g/mol. The van der Waals surface area contributed by atoms with Gasteiger partial charge in [-0.2, -0.15) is 0 Å². The summed E-state index contributed by atoms with van der Waals surface area (Å²) in [5.41, 5.74) is 7.47. The molecule has 16 heavy (non-hydrogen) atoms. The van der Waals surface area contributed by atoms with Crippen molar-refractivity contribution in [1.82, 2.24) is 4.98 Å². The van der Waals surface area contributed by atoms with E-state index in [0.29, 0.717) is 0 Å². The van der Waals surface area contributed by atoms with Crippen molar-refractivity contribution < 1.29 is 4.74 Å². The summed E-state index contributed by atoms with van der Waals surface area (Å²) < 4.78 is 6.57. The summed E-state index contributed by atoms with van der Waals surface area (Å²) in [5, 5.41) is 0. The first-order chi connectivity index (χ1) is 7.68. The SMILES string of the molecule is Cc1c(N)cccc1Oc1ccncc1Br. The topological polar surface area (TPSA) is 48.1 Å². The Morgan fingerprint density at radius 3 is 2.81 bits per heavy atom. The molecule has 0 amide bonds. The molecule has 4 heteroatoms. The third kappa shape index (κ3) is 2.17. The van der Waals surface area contributed by atoms with E-state index in [1.807, 2.05) is 25.1 Å². The number of benzene rings is 1. The zero-order valence-electron chi connectivity index (χ0n) is 8.77. The van der Waals surface area contributed by atoms with Crippen LogP contribution in [0.25, 0.3) is 0 Å². The average Bonchev–Trinajstić information content (AvgIpc) is 2.28. The first-order valence-corrected chi connectivity index (χ1v) is 5.60. The number of nitrogens with two attached hydrogens (primary N) is 1. The molecule has 0 atom stereocenters. The maximum Gasteiger partial charge on any atom is 0.144 e. The van der Waals surface area contributed by atoms with Crippen molar-refractivity contribution in [2.45, 2.75) is 6.92 Å². The molecule has 82 valence electrons. The van der Waals surface area contributed by atoms with Gasteiger partial charge in [0.1, 0.15) is 11.5 Å². The molecule has 0 aliphatic rings. The van der Waals surface area contributed by atoms with E-state index in [9.17, 15) is 0 Å². The second-order valence-corrected chi connectivity index (χ2v) is 4.23. The standard InChI is InChI=1S/C12H11BrN2O/c1-8-10(14)3-2-4-11(8)16-12-5-6-15-7-9(12)13/h2-7H,14H2,1H3. The number of anilines is 1. The third-order valence-electron chi connectivity index (χ3n) is 2.28. The summed E-state index contributed by atoms with van der Waals surface area (Å²) in [6.45, 7) is 1.93. The van der Waals surface area contributed by atoms with Crippen LogP contribution in [0.2, 0.25) is 0 Å². The molecular weight excluding hydrogens is 268 g/mol. The molecule has 0 saturated carbocycles. The maximum atomic E-state index is 5.81. The fraction of sp³-hybridized carbons (Fsp3) is 0.0833. The van der Waals surface area contributed by atoms with Crippen LogP contribution in [0.15, 0.2) is 41.1 Å². The van der Waals surface area contributed by atoms with E-state index in [1.165, 1.54) is 0 Å². The van der Waals surface area contributed by atoms with Crippen molar-refractivity contribution >= 4 is 21.6 Å². The molecule has 0 aliphatic heterocycles. The minimum absolute atomic E-state index is 0.725. The summed E-state index contributed by atoms with van der Waals surface area (Å²) >= 11 is 3.38. The second-order valence-electron chi connectivity index (χ2n) is 3.38. The first-order valence-electron chi connectivity index (χ1n) is 4.81. The second kappa shape index (κ2) is 4.53. The number of pyridine rings is 1. The van der Waals surface area contributed by atoms with Gasteiger partial charge in [-0.05, 0) is 35.0 Å². The van der Waals surface area contributed by atoms with Crippen molar-refractivity contribution in [3.8, 4) is 11.5 Å². The van der Waals surface area contributed by atoms with Gasteiger partial charge in [-0.3, -0.25) is 4.98 Å². The average molecular weight is 279 g/mol. The normalized spacial score (nSPS) is 10.1. The van der Waals surface area contributed by atoms with Gasteiger partial charge < -0.3 is 10.5 Å². The number of nitrogen functional groups attached to an aromatic ring is 1. The van der Waals surface area contributed by atoms with Crippen LogP contribution in [0.5, 0.6) is 11.5 Å². The lowest BCUT2D eigenvalue weighted by atomic mass is 10.2. The molecule has 2 rings (SSSR count). The molecule has 3 nitrogen and oxygen atoms in total. The third-order valence-corrected chi connectivity index (χ3v) is 2.88. The zero-order valence-corrected chi connectivity index (χ0v) is 10.4. The van der Waals surface area contributed by atoms with Gasteiger partial charge in [0.15, 0.2) is 0 Å². The van der Waals surface area contributed by atoms with E-state index < -0.39 is 0 Å². The molecule has 1 aromatic heterocycles. The Morgan fingerprint density at radius 1 is 1.25 bits per heavy atom. The number of rotatable bonds is 2. The van der Waals surface area contributed by atoms with Crippen LogP contribution in [-0.2, 0) is 0 Å². The Labute approximate surface area is 102 Å². The minimum Gasteiger partial charge on any atom is -0.456 e. The Kier molecular flexibility index (Phi) is 3.10. The molecule has 0 spiro atoms. The highest BCUT2D eigenvalue weighted by molar-refractivity contribution is 9.10. The molecule has 0 unspecified atom stereocenters. The van der Waals surface area contributed by atoms with Gasteiger partial charge in [-0.25, -0.2) is 0 Å². The van der Waals surface area contributed by atoms with E-state index in [1.54, 1.807) is 18.5 Å². The summed E-state index contributed by atoms with van der Waals surface area (Å²) in [6.07, 6.45) is 3.37. The van der Waals surface area contributed by atoms with Crippen molar-refractivity contribution in [3.63, 3.8) is 0 Å². The van der Waals surface area contributed by atoms with Crippen LogP contribution in [0.3, 0.4) is 0 Å². The molecule has 0 saturated heterocycles. The predicted molar refractivity (Wildman–Crippen MR) is 67.6 cm³/mol. The lowest BCUT2D eigenvalue weighted by molar-refractivity contribution is 0.475. The van der Waals surface area contributed by atoms with E-state index in [2.05, 4.69) is 20.9 Å². The summed E-state index contributed by atoms with van der Waals surface area (Å²) in [6, 6.07) is 7.40. The number of hydrogen-bond donors (Lipinski definition) is 1. The number of aromatic nitrogens is 1. The molecule has 0 aliphatic carbocycles. The fourth-order valence-corrected chi connectivity index (χ4v) is 1.64. The summed E-state index contributed by atoms with van der Waals surface area (Å²) in [7, 11) is 0. The van der Waals surface area contributed by atoms with Crippen molar-refractivity contribution in [2.24, 2.45) is 0 Å². The highest BCUT2D eigenvalue weighted by Crippen LogP contribution is 2.32. The number of ether oxygens (including phenoxy) is 1. The fourth-order valence-electron chi connectivity index (χ4n) is 1.31. The number of hydrogen-bond acceptors (Lipinski definition) is 3. The Morgan fingerprint density at radius 2 is 2.06 bits per heavy atom. The van der Waals surface area contributed by atoms with E-state index >= 15 is 0 Å². The molecule has 2 aromatic rings. The molecule has 0 bridgehead atoms. The zero-order chi connectivity index (χ0) is 11.5. The molecule has 0 fully saturated rings. The first kappa shape index (κ1) is 11.0. The highest BCUT2D eigenvalue weighted by atomic mass is 79.9. The van der Waals surface area contributed by atoms with Gasteiger partial charge in [-0.15, -0.1) is 0 Å². The minimum atomic E-state index is 0.725. The van der Waals surface area contributed by atoms with Crippen LogP contribution in [0.1, 0.15) is 5.56 Å². The molecule has 0 radical (unpaired) electrons. The predicted octanol–water partition coefficient (Wildman–Crippen LogP) is 3.53. The van der Waals surface area contributed by atoms with E-state index in [-0.39, 0.29) is 0 Å². The van der Waals surface area contributed by atoms with Gasteiger partial charge >= 0.3 is 0 Å². The van der Waals surface area contributed by atoms with Gasteiger partial charge in [0.05, 0.1) is 4.47 Å². The molecule has 1 aromatic carbocycles. The molecular formula is C12H11BrN2O. The van der Waals surface area contributed by atoms with E-state index in [4.69, 9.17) is 10.5 Å². The number of halogens is 1. The largest absolute Gasteiger partial charge is 0.456 e. The van der Waals surface area contributed by atoms with Crippen molar-refractivity contribution in [1.29, 1.82) is 0 Å². The Bertz CT molecular complexity index is 514. The van der Waals surface area contributed by atoms with Crippen LogP contribution < -0.4 is 10.5 Å². The van der Waals surface area contributed by atoms with Gasteiger partial charge in [-0.1, -0.05) is 6.07 Å². The summed E-state index contributed by atoms with van der Waals surface area (Å²) in [5.74, 6) is 1.48. The Balaban J connectivity index is 2.35. The van der Waals surface area contributed by atoms with Crippen molar-refractivity contribution in [2.75, 3.05) is 5.73 Å². The smallest absolute Gasteiger partial charge is 0.144 e. The van der Waals surface area contributed by atoms with Crippen LogP contribution in [0.4, 0.5) is 5.69 Å². The van der Waals surface area contributed by atoms with Crippen LogP contribution in [-0.4, -0.2) is 4.98 Å². The lowest BCUT2D eigenvalue weighted by Gasteiger charge is -2.10. The Hall–Kier alpha value is -1.55. The number of nitrogens with zero attached hydrogens (tertiary/aromatic N) is 1. The quantitative estimate of drug-likeness (QED) is 0.855. The maximum absolute atomic E-state index is 5.81. The van der Waals surface area contributed by atoms with Crippen LogP contribution >= 0.6 is 15.9 Å². The summed E-state index contributed by atoms with van der Waals surface area (Å²) in [4.78, 5) is 3.97. The van der Waals surface area contributed by atoms with Gasteiger partial charge in [0.2, 0.25) is 0 Å². The molecule has 2 N–H and O–H groups in total. The highest BCUT2D eigenvalue weighted by Gasteiger charge is 2.06. The van der Waals surface area contributed by atoms with Gasteiger partial charge in [0.25, 0.3) is 0 Å². The van der Waals surface area contributed by atoms with Crippen LogP contribution in [0, 0.1) is 6.92 Å². The molecule has 1 heterocycles.